The summed E-state index contributed by atoms with van der Waals surface area (Å²) in [6, 6.07) is 21.6. The maximum atomic E-state index is 13.4. The molecular formula is C23H20FNO5. The molecule has 30 heavy (non-hydrogen) atoms. The van der Waals surface area contributed by atoms with Crippen molar-refractivity contribution < 1.29 is 28.6 Å². The van der Waals surface area contributed by atoms with Gasteiger partial charge in [-0.1, -0.05) is 42.5 Å². The highest BCUT2D eigenvalue weighted by Gasteiger charge is 2.19. The Balaban J connectivity index is 1.68. The van der Waals surface area contributed by atoms with E-state index in [1.54, 1.807) is 42.5 Å². The summed E-state index contributed by atoms with van der Waals surface area (Å²) in [6.45, 7) is -0.965. The second-order valence-electron chi connectivity index (χ2n) is 6.42. The molecular weight excluding hydrogens is 389 g/mol. The van der Waals surface area contributed by atoms with Crippen molar-refractivity contribution in [3.8, 4) is 17.2 Å². The van der Waals surface area contributed by atoms with Gasteiger partial charge in [0.25, 0.3) is 5.91 Å². The molecule has 0 aliphatic carbocycles. The topological polar surface area (TPSA) is 76.1 Å². The molecule has 1 amide bonds. The van der Waals surface area contributed by atoms with Crippen molar-refractivity contribution in [1.82, 2.24) is 4.90 Å². The van der Waals surface area contributed by atoms with E-state index in [1.165, 1.54) is 18.2 Å². The number of carboxylic acids is 1. The van der Waals surface area contributed by atoms with Gasteiger partial charge in [0.05, 0.1) is 0 Å². The predicted molar refractivity (Wildman–Crippen MR) is 108 cm³/mol. The fraction of sp³-hybridized carbons (Fsp3) is 0.130. The average molecular weight is 409 g/mol. The molecule has 3 aromatic carbocycles. The summed E-state index contributed by atoms with van der Waals surface area (Å²) in [5.74, 6) is -0.803. The fourth-order valence-corrected chi connectivity index (χ4v) is 2.75. The van der Waals surface area contributed by atoms with Gasteiger partial charge in [-0.25, -0.2) is 4.39 Å². The smallest absolute Gasteiger partial charge is 0.323 e. The van der Waals surface area contributed by atoms with Crippen LogP contribution in [0.4, 0.5) is 4.39 Å². The van der Waals surface area contributed by atoms with Crippen molar-refractivity contribution >= 4 is 11.9 Å². The largest absolute Gasteiger partial charge is 0.480 e. The van der Waals surface area contributed by atoms with Crippen LogP contribution >= 0.6 is 0 Å². The van der Waals surface area contributed by atoms with Crippen LogP contribution in [-0.2, 0) is 16.1 Å². The van der Waals surface area contributed by atoms with Crippen molar-refractivity contribution in [3.05, 3.63) is 90.2 Å². The van der Waals surface area contributed by atoms with E-state index in [1.807, 2.05) is 18.2 Å². The first kappa shape index (κ1) is 20.9. The lowest BCUT2D eigenvalue weighted by molar-refractivity contribution is -0.145. The first-order valence-electron chi connectivity index (χ1n) is 9.20. The average Bonchev–Trinajstić information content (AvgIpc) is 2.73. The molecule has 3 rings (SSSR count). The summed E-state index contributed by atoms with van der Waals surface area (Å²) in [5.41, 5.74) is 0.484. The molecule has 1 N–H and O–H groups in total. The minimum atomic E-state index is -1.17. The van der Waals surface area contributed by atoms with Crippen molar-refractivity contribution in [3.63, 3.8) is 0 Å². The monoisotopic (exact) mass is 409 g/mol. The van der Waals surface area contributed by atoms with Gasteiger partial charge in [0, 0.05) is 6.54 Å². The van der Waals surface area contributed by atoms with E-state index in [9.17, 15) is 14.0 Å². The second kappa shape index (κ2) is 10.1. The van der Waals surface area contributed by atoms with Gasteiger partial charge in [-0.3, -0.25) is 9.59 Å². The Morgan fingerprint density at radius 1 is 0.900 bits per heavy atom. The van der Waals surface area contributed by atoms with E-state index in [4.69, 9.17) is 14.6 Å². The molecule has 0 fully saturated rings. The van der Waals surface area contributed by atoms with Gasteiger partial charge in [0.1, 0.15) is 18.1 Å². The van der Waals surface area contributed by atoms with Crippen molar-refractivity contribution in [2.24, 2.45) is 0 Å². The van der Waals surface area contributed by atoms with Gasteiger partial charge in [0.2, 0.25) is 0 Å². The van der Waals surface area contributed by atoms with Crippen LogP contribution in [0.25, 0.3) is 0 Å². The molecule has 0 radical (unpaired) electrons. The van der Waals surface area contributed by atoms with E-state index in [-0.39, 0.29) is 6.54 Å². The third-order valence-corrected chi connectivity index (χ3v) is 4.11. The molecule has 0 spiro atoms. The Morgan fingerprint density at radius 2 is 1.60 bits per heavy atom. The lowest BCUT2D eigenvalue weighted by atomic mass is 10.2. The molecule has 154 valence electrons. The maximum absolute atomic E-state index is 13.4. The standard InChI is InChI=1S/C23H20FNO5/c24-18-8-6-7-17(13-18)14-25(15-23(27)28)22(26)16-29-20-11-4-5-12-21(20)30-19-9-2-1-3-10-19/h1-13H,14-16H2,(H,27,28). The zero-order valence-corrected chi connectivity index (χ0v) is 16.0. The molecule has 3 aromatic rings. The van der Waals surface area contributed by atoms with Crippen LogP contribution < -0.4 is 9.47 Å². The number of carbonyl (C=O) groups is 2. The van der Waals surface area contributed by atoms with Gasteiger partial charge < -0.3 is 19.5 Å². The second-order valence-corrected chi connectivity index (χ2v) is 6.42. The number of rotatable bonds is 9. The van der Waals surface area contributed by atoms with Crippen molar-refractivity contribution in [2.45, 2.75) is 6.54 Å². The maximum Gasteiger partial charge on any atom is 0.323 e. The number of hydrogen-bond acceptors (Lipinski definition) is 4. The quantitative estimate of drug-likeness (QED) is 0.576. The Bertz CT molecular complexity index is 1010. The van der Waals surface area contributed by atoms with Crippen LogP contribution in [0.1, 0.15) is 5.56 Å². The molecule has 0 aliphatic rings. The molecule has 0 saturated heterocycles. The highest BCUT2D eigenvalue weighted by atomic mass is 19.1. The van der Waals surface area contributed by atoms with Gasteiger partial charge >= 0.3 is 5.97 Å². The Kier molecular flexibility index (Phi) is 7.00. The first-order chi connectivity index (χ1) is 14.5. The number of para-hydroxylation sites is 3. The number of halogens is 1. The minimum Gasteiger partial charge on any atom is -0.480 e. The number of nitrogens with zero attached hydrogens (tertiary/aromatic N) is 1. The summed E-state index contributed by atoms with van der Waals surface area (Å²) in [5, 5.41) is 9.13. The molecule has 0 saturated carbocycles. The van der Waals surface area contributed by atoms with E-state index in [2.05, 4.69) is 0 Å². The summed E-state index contributed by atoms with van der Waals surface area (Å²) >= 11 is 0. The van der Waals surface area contributed by atoms with Gasteiger partial charge in [-0.2, -0.15) is 0 Å². The number of aliphatic carboxylic acids is 1. The molecule has 6 nitrogen and oxygen atoms in total. The van der Waals surface area contributed by atoms with Crippen LogP contribution in [-0.4, -0.2) is 35.0 Å². The first-order valence-corrected chi connectivity index (χ1v) is 9.20. The zero-order chi connectivity index (χ0) is 21.3. The highest BCUT2D eigenvalue weighted by molar-refractivity contribution is 5.82. The number of amides is 1. The van der Waals surface area contributed by atoms with Crippen LogP contribution in [0.5, 0.6) is 17.2 Å². The lowest BCUT2D eigenvalue weighted by Crippen LogP contribution is -2.38. The Morgan fingerprint density at radius 3 is 2.30 bits per heavy atom. The van der Waals surface area contributed by atoms with Gasteiger partial charge in [-0.15, -0.1) is 0 Å². The number of carboxylic acid groups (broad SMARTS) is 1. The Labute approximate surface area is 173 Å². The molecule has 0 aliphatic heterocycles. The third kappa shape index (κ3) is 6.07. The fourth-order valence-electron chi connectivity index (χ4n) is 2.75. The van der Waals surface area contributed by atoms with Gasteiger partial charge in [-0.05, 0) is 42.0 Å². The van der Waals surface area contributed by atoms with Crippen LogP contribution in [0.3, 0.4) is 0 Å². The van der Waals surface area contributed by atoms with E-state index < -0.39 is 30.8 Å². The summed E-state index contributed by atoms with van der Waals surface area (Å²) < 4.78 is 24.8. The van der Waals surface area contributed by atoms with Crippen LogP contribution in [0, 0.1) is 5.82 Å². The number of hydrogen-bond donors (Lipinski definition) is 1. The third-order valence-electron chi connectivity index (χ3n) is 4.11. The molecule has 0 aromatic heterocycles. The summed E-state index contributed by atoms with van der Waals surface area (Å²) in [6.07, 6.45) is 0. The van der Waals surface area contributed by atoms with E-state index >= 15 is 0 Å². The zero-order valence-electron chi connectivity index (χ0n) is 16.0. The van der Waals surface area contributed by atoms with Crippen LogP contribution in [0.15, 0.2) is 78.9 Å². The summed E-state index contributed by atoms with van der Waals surface area (Å²) in [7, 11) is 0. The van der Waals surface area contributed by atoms with Crippen molar-refractivity contribution in [2.75, 3.05) is 13.2 Å². The predicted octanol–water partition coefficient (Wildman–Crippen LogP) is 4.11. The highest BCUT2D eigenvalue weighted by Crippen LogP contribution is 2.31. The molecule has 0 atom stereocenters. The van der Waals surface area contributed by atoms with Crippen LogP contribution in [0.2, 0.25) is 0 Å². The number of benzene rings is 3. The summed E-state index contributed by atoms with van der Waals surface area (Å²) in [4.78, 5) is 24.9. The van der Waals surface area contributed by atoms with E-state index in [0.29, 0.717) is 22.8 Å². The minimum absolute atomic E-state index is 0.0472. The normalized spacial score (nSPS) is 10.3. The Hall–Kier alpha value is -3.87. The van der Waals surface area contributed by atoms with E-state index in [0.717, 1.165) is 4.90 Å². The van der Waals surface area contributed by atoms with Crippen molar-refractivity contribution in [1.29, 1.82) is 0 Å². The lowest BCUT2D eigenvalue weighted by Gasteiger charge is -2.21. The molecule has 0 heterocycles. The molecule has 0 bridgehead atoms. The SMILES string of the molecule is O=C(O)CN(Cc1cccc(F)c1)C(=O)COc1ccccc1Oc1ccccc1. The van der Waals surface area contributed by atoms with Gasteiger partial charge in [0.15, 0.2) is 18.1 Å². The molecule has 0 unspecified atom stereocenters. The number of ether oxygens (including phenoxy) is 2. The number of carbonyl (C=O) groups excluding carboxylic acids is 1. The molecule has 7 heteroatoms.